The van der Waals surface area contributed by atoms with E-state index in [1.54, 1.807) is 18.2 Å². The Morgan fingerprint density at radius 3 is 2.54 bits per heavy atom. The van der Waals surface area contributed by atoms with E-state index in [9.17, 15) is 13.2 Å². The van der Waals surface area contributed by atoms with Gasteiger partial charge in [0.2, 0.25) is 15.9 Å². The van der Waals surface area contributed by atoms with Crippen LogP contribution in [0.15, 0.2) is 24.3 Å². The number of carbonyl (C=O) groups is 1. The zero-order chi connectivity index (χ0) is 17.2. The van der Waals surface area contributed by atoms with Crippen molar-refractivity contribution in [2.75, 3.05) is 37.2 Å². The lowest BCUT2D eigenvalue weighted by molar-refractivity contribution is -0.130. The fraction of sp³-hybridized carbons (Fsp3) is 0.588. The van der Waals surface area contributed by atoms with Crippen LogP contribution < -0.4 is 10.0 Å². The molecule has 132 valence electrons. The Kier molecular flexibility index (Phi) is 5.10. The first-order valence-corrected chi connectivity index (χ1v) is 10.3. The zero-order valence-corrected chi connectivity index (χ0v) is 14.8. The molecule has 2 fully saturated rings. The summed E-state index contributed by atoms with van der Waals surface area (Å²) < 4.78 is 25.1. The predicted octanol–water partition coefficient (Wildman–Crippen LogP) is 1.06. The van der Waals surface area contributed by atoms with Gasteiger partial charge in [-0.1, -0.05) is 12.1 Å². The number of hydrogen-bond acceptors (Lipinski definition) is 4. The predicted molar refractivity (Wildman–Crippen MR) is 94.3 cm³/mol. The van der Waals surface area contributed by atoms with E-state index in [4.69, 9.17) is 0 Å². The number of nitrogens with one attached hydrogen (secondary N) is 2. The van der Waals surface area contributed by atoms with Crippen molar-refractivity contribution >= 4 is 21.6 Å². The second kappa shape index (κ2) is 7.11. The van der Waals surface area contributed by atoms with E-state index in [0.29, 0.717) is 23.9 Å². The standard InChI is InChI=1S/C17H25N3O3S/c1-24(22,23)19-16-4-2-3-13(9-16)10-17(21)20-7-5-14-11-18-12-15(14)6-8-20/h2-4,9,14-15,18-19H,5-8,10-12H2,1H3/t14-,15+. The van der Waals surface area contributed by atoms with Crippen molar-refractivity contribution in [3.8, 4) is 0 Å². The molecule has 24 heavy (non-hydrogen) atoms. The van der Waals surface area contributed by atoms with Crippen LogP contribution in [-0.2, 0) is 21.2 Å². The van der Waals surface area contributed by atoms with Crippen molar-refractivity contribution in [1.29, 1.82) is 0 Å². The minimum atomic E-state index is -3.31. The first-order valence-electron chi connectivity index (χ1n) is 8.46. The van der Waals surface area contributed by atoms with Crippen molar-refractivity contribution in [2.24, 2.45) is 11.8 Å². The van der Waals surface area contributed by atoms with E-state index in [1.807, 2.05) is 11.0 Å². The molecule has 1 aromatic rings. The molecular formula is C17H25N3O3S. The Bertz CT molecular complexity index is 691. The second-order valence-electron chi connectivity index (χ2n) is 6.89. The van der Waals surface area contributed by atoms with Gasteiger partial charge in [-0.25, -0.2) is 8.42 Å². The van der Waals surface area contributed by atoms with Crippen molar-refractivity contribution in [3.63, 3.8) is 0 Å². The molecule has 2 saturated heterocycles. The topological polar surface area (TPSA) is 78.5 Å². The Hall–Kier alpha value is -1.60. The van der Waals surface area contributed by atoms with Gasteiger partial charge in [0.05, 0.1) is 12.7 Å². The third-order valence-corrected chi connectivity index (χ3v) is 5.56. The highest BCUT2D eigenvalue weighted by Crippen LogP contribution is 2.27. The van der Waals surface area contributed by atoms with Gasteiger partial charge < -0.3 is 10.2 Å². The molecule has 2 N–H and O–H groups in total. The SMILES string of the molecule is CS(=O)(=O)Nc1cccc(CC(=O)N2CC[C@@H]3CNC[C@@H]3CC2)c1. The maximum Gasteiger partial charge on any atom is 0.229 e. The van der Waals surface area contributed by atoms with Gasteiger partial charge >= 0.3 is 0 Å². The number of anilines is 1. The molecule has 0 spiro atoms. The summed E-state index contributed by atoms with van der Waals surface area (Å²) in [5, 5.41) is 3.44. The molecular weight excluding hydrogens is 326 g/mol. The molecule has 1 amide bonds. The number of fused-ring (bicyclic) bond motifs is 1. The molecule has 2 heterocycles. The maximum atomic E-state index is 12.6. The number of amides is 1. The third-order valence-electron chi connectivity index (χ3n) is 4.96. The monoisotopic (exact) mass is 351 g/mol. The lowest BCUT2D eigenvalue weighted by atomic mass is 9.92. The summed E-state index contributed by atoms with van der Waals surface area (Å²) in [4.78, 5) is 14.6. The van der Waals surface area contributed by atoms with E-state index in [0.717, 1.165) is 50.8 Å². The van der Waals surface area contributed by atoms with Crippen LogP contribution in [0.2, 0.25) is 0 Å². The van der Waals surface area contributed by atoms with Gasteiger partial charge in [0.25, 0.3) is 0 Å². The van der Waals surface area contributed by atoms with Crippen LogP contribution in [0.1, 0.15) is 18.4 Å². The van der Waals surface area contributed by atoms with E-state index in [1.165, 1.54) is 0 Å². The minimum Gasteiger partial charge on any atom is -0.342 e. The van der Waals surface area contributed by atoms with Crippen LogP contribution in [0.25, 0.3) is 0 Å². The van der Waals surface area contributed by atoms with Crippen molar-refractivity contribution in [2.45, 2.75) is 19.3 Å². The molecule has 6 nitrogen and oxygen atoms in total. The molecule has 0 unspecified atom stereocenters. The molecule has 0 aliphatic carbocycles. The highest BCUT2D eigenvalue weighted by atomic mass is 32.2. The number of benzene rings is 1. The summed E-state index contributed by atoms with van der Waals surface area (Å²) in [7, 11) is -3.31. The largest absolute Gasteiger partial charge is 0.342 e. The van der Waals surface area contributed by atoms with Crippen LogP contribution in [0, 0.1) is 11.8 Å². The summed E-state index contributed by atoms with van der Waals surface area (Å²) in [5.41, 5.74) is 1.33. The summed E-state index contributed by atoms with van der Waals surface area (Å²) >= 11 is 0. The summed E-state index contributed by atoms with van der Waals surface area (Å²) in [5.74, 6) is 1.52. The Balaban J connectivity index is 1.61. The summed E-state index contributed by atoms with van der Waals surface area (Å²) in [6.45, 7) is 3.80. The van der Waals surface area contributed by atoms with Gasteiger partial charge in [-0.15, -0.1) is 0 Å². The third kappa shape index (κ3) is 4.48. The number of likely N-dealkylation sites (tertiary alicyclic amines) is 1. The lowest BCUT2D eigenvalue weighted by Crippen LogP contribution is -2.33. The van der Waals surface area contributed by atoms with Crippen LogP contribution in [0.4, 0.5) is 5.69 Å². The van der Waals surface area contributed by atoms with Crippen LogP contribution in [-0.4, -0.2) is 51.7 Å². The average molecular weight is 351 g/mol. The fourth-order valence-electron chi connectivity index (χ4n) is 3.71. The van der Waals surface area contributed by atoms with Gasteiger partial charge in [-0.3, -0.25) is 9.52 Å². The van der Waals surface area contributed by atoms with Crippen molar-refractivity contribution in [3.05, 3.63) is 29.8 Å². The van der Waals surface area contributed by atoms with E-state index >= 15 is 0 Å². The molecule has 1 aromatic carbocycles. The molecule has 2 atom stereocenters. The van der Waals surface area contributed by atoms with Crippen LogP contribution in [0.5, 0.6) is 0 Å². The molecule has 0 radical (unpaired) electrons. The van der Waals surface area contributed by atoms with Gasteiger partial charge in [0.15, 0.2) is 0 Å². The van der Waals surface area contributed by atoms with Crippen molar-refractivity contribution < 1.29 is 13.2 Å². The Labute approximate surface area is 143 Å². The van der Waals surface area contributed by atoms with E-state index < -0.39 is 10.0 Å². The Morgan fingerprint density at radius 2 is 1.92 bits per heavy atom. The van der Waals surface area contributed by atoms with E-state index in [2.05, 4.69) is 10.0 Å². The number of rotatable bonds is 4. The first-order chi connectivity index (χ1) is 11.4. The van der Waals surface area contributed by atoms with E-state index in [-0.39, 0.29) is 5.91 Å². The highest BCUT2D eigenvalue weighted by Gasteiger charge is 2.31. The molecule has 0 bridgehead atoms. The zero-order valence-electron chi connectivity index (χ0n) is 14.0. The van der Waals surface area contributed by atoms with Crippen LogP contribution >= 0.6 is 0 Å². The second-order valence-corrected chi connectivity index (χ2v) is 8.64. The molecule has 0 aromatic heterocycles. The van der Waals surface area contributed by atoms with Gasteiger partial charge in [-0.05, 0) is 55.5 Å². The summed E-state index contributed by atoms with van der Waals surface area (Å²) in [6.07, 6.45) is 3.57. The lowest BCUT2D eigenvalue weighted by Gasteiger charge is -2.21. The average Bonchev–Trinajstić information content (AvgIpc) is 2.84. The fourth-order valence-corrected chi connectivity index (χ4v) is 4.27. The number of hydrogen-bond donors (Lipinski definition) is 2. The normalized spacial score (nSPS) is 24.3. The molecule has 2 aliphatic rings. The number of sulfonamides is 1. The van der Waals surface area contributed by atoms with Crippen molar-refractivity contribution in [1.82, 2.24) is 10.2 Å². The summed E-state index contributed by atoms with van der Waals surface area (Å²) in [6, 6.07) is 7.06. The quantitative estimate of drug-likeness (QED) is 0.850. The molecule has 2 aliphatic heterocycles. The van der Waals surface area contributed by atoms with Gasteiger partial charge in [-0.2, -0.15) is 0 Å². The maximum absolute atomic E-state index is 12.6. The molecule has 0 saturated carbocycles. The van der Waals surface area contributed by atoms with Gasteiger partial charge in [0, 0.05) is 18.8 Å². The first kappa shape index (κ1) is 17.2. The molecule has 3 rings (SSSR count). The molecule has 7 heteroatoms. The Morgan fingerprint density at radius 1 is 1.25 bits per heavy atom. The minimum absolute atomic E-state index is 0.124. The number of carbonyl (C=O) groups excluding carboxylic acids is 1. The van der Waals surface area contributed by atoms with Crippen LogP contribution in [0.3, 0.4) is 0 Å². The number of nitrogens with zero attached hydrogens (tertiary/aromatic N) is 1. The highest BCUT2D eigenvalue weighted by molar-refractivity contribution is 7.92. The van der Waals surface area contributed by atoms with Gasteiger partial charge in [0.1, 0.15) is 0 Å². The smallest absolute Gasteiger partial charge is 0.229 e.